The highest BCUT2D eigenvalue weighted by molar-refractivity contribution is 5.90. The van der Waals surface area contributed by atoms with Gasteiger partial charge in [0, 0.05) is 26.6 Å². The Balaban J connectivity index is 4.75. The first-order valence-electron chi connectivity index (χ1n) is 6.84. The molecule has 6 heteroatoms. The summed E-state index contributed by atoms with van der Waals surface area (Å²) in [5.74, 6) is -0.755. The lowest BCUT2D eigenvalue weighted by Crippen LogP contribution is -2.49. The van der Waals surface area contributed by atoms with Gasteiger partial charge in [-0.1, -0.05) is 20.8 Å². The van der Waals surface area contributed by atoms with E-state index in [-0.39, 0.29) is 42.5 Å². The van der Waals surface area contributed by atoms with Crippen molar-refractivity contribution >= 4 is 17.6 Å². The van der Waals surface area contributed by atoms with Crippen molar-refractivity contribution in [2.75, 3.05) is 27.2 Å². The molecule has 0 aliphatic rings. The van der Waals surface area contributed by atoms with E-state index in [0.717, 1.165) is 0 Å². The van der Waals surface area contributed by atoms with Crippen LogP contribution in [0.25, 0.3) is 0 Å². The smallest absolute Gasteiger partial charge is 0.242 e. The molecule has 0 rings (SSSR count). The van der Waals surface area contributed by atoms with Gasteiger partial charge in [-0.3, -0.25) is 14.4 Å². The molecule has 0 heterocycles. The van der Waals surface area contributed by atoms with Gasteiger partial charge in [0.2, 0.25) is 11.8 Å². The van der Waals surface area contributed by atoms with E-state index in [1.54, 1.807) is 21.0 Å². The van der Waals surface area contributed by atoms with Gasteiger partial charge in [-0.2, -0.15) is 0 Å². The second-order valence-electron chi connectivity index (χ2n) is 5.64. The molecule has 0 bridgehead atoms. The third-order valence-electron chi connectivity index (χ3n) is 3.38. The zero-order chi connectivity index (χ0) is 16.0. The maximum absolute atomic E-state index is 12.2. The molecule has 0 fully saturated rings. The van der Waals surface area contributed by atoms with Crippen LogP contribution in [0.15, 0.2) is 0 Å². The van der Waals surface area contributed by atoms with Crippen LogP contribution in [-0.2, 0) is 14.4 Å². The Hall–Kier alpha value is -1.43. The standard InChI is InChI=1S/C14H27N3O3/c1-9(2)13(11(4)18)17(6)12(19)8-16(5)14(20)10(3)7-15/h9-10,13H,7-8,15H2,1-6H3. The predicted molar refractivity (Wildman–Crippen MR) is 77.9 cm³/mol. The molecule has 2 amide bonds. The summed E-state index contributed by atoms with van der Waals surface area (Å²) in [6.45, 7) is 7.17. The van der Waals surface area contributed by atoms with E-state index < -0.39 is 6.04 Å². The van der Waals surface area contributed by atoms with Gasteiger partial charge in [0.1, 0.15) is 0 Å². The van der Waals surface area contributed by atoms with Crippen LogP contribution in [0, 0.1) is 11.8 Å². The van der Waals surface area contributed by atoms with E-state index in [9.17, 15) is 14.4 Å². The van der Waals surface area contributed by atoms with Crippen molar-refractivity contribution in [3.63, 3.8) is 0 Å². The number of hydrogen-bond acceptors (Lipinski definition) is 4. The lowest BCUT2D eigenvalue weighted by atomic mass is 9.99. The van der Waals surface area contributed by atoms with Crippen LogP contribution in [0.1, 0.15) is 27.7 Å². The second-order valence-corrected chi connectivity index (χ2v) is 5.64. The Kier molecular flexibility index (Phi) is 7.42. The van der Waals surface area contributed by atoms with Crippen molar-refractivity contribution in [3.8, 4) is 0 Å². The largest absolute Gasteiger partial charge is 0.336 e. The molecule has 116 valence electrons. The Labute approximate surface area is 121 Å². The fraction of sp³-hybridized carbons (Fsp3) is 0.786. The molecule has 0 aromatic carbocycles. The van der Waals surface area contributed by atoms with Gasteiger partial charge in [-0.05, 0) is 12.8 Å². The molecule has 0 saturated carbocycles. The Morgan fingerprint density at radius 3 is 1.95 bits per heavy atom. The number of ketones is 1. The van der Waals surface area contributed by atoms with Crippen molar-refractivity contribution in [1.82, 2.24) is 9.80 Å². The first-order valence-corrected chi connectivity index (χ1v) is 6.84. The van der Waals surface area contributed by atoms with Gasteiger partial charge in [-0.25, -0.2) is 0 Å². The highest BCUT2D eigenvalue weighted by Gasteiger charge is 2.28. The number of rotatable bonds is 7. The topological polar surface area (TPSA) is 83.7 Å². The number of carbonyl (C=O) groups is 3. The maximum Gasteiger partial charge on any atom is 0.242 e. The Morgan fingerprint density at radius 1 is 1.10 bits per heavy atom. The minimum atomic E-state index is -0.460. The molecule has 0 radical (unpaired) electrons. The van der Waals surface area contributed by atoms with Crippen LogP contribution in [0.5, 0.6) is 0 Å². The van der Waals surface area contributed by atoms with Crippen molar-refractivity contribution in [2.45, 2.75) is 33.7 Å². The third-order valence-corrected chi connectivity index (χ3v) is 3.38. The van der Waals surface area contributed by atoms with E-state index in [1.807, 2.05) is 13.8 Å². The fourth-order valence-corrected chi connectivity index (χ4v) is 2.21. The number of nitrogens with two attached hydrogens (primary N) is 1. The minimum absolute atomic E-state index is 0.0328. The van der Waals surface area contributed by atoms with Crippen molar-refractivity contribution < 1.29 is 14.4 Å². The SMILES string of the molecule is CC(=O)C(C(C)C)N(C)C(=O)CN(C)C(=O)C(C)CN. The molecule has 0 saturated heterocycles. The second kappa shape index (κ2) is 7.99. The Bertz CT molecular complexity index is 369. The molecule has 0 aliphatic carbocycles. The fourth-order valence-electron chi connectivity index (χ4n) is 2.21. The summed E-state index contributed by atoms with van der Waals surface area (Å²) in [6.07, 6.45) is 0. The number of carbonyl (C=O) groups excluding carboxylic acids is 3. The first kappa shape index (κ1) is 18.6. The van der Waals surface area contributed by atoms with Crippen molar-refractivity contribution in [3.05, 3.63) is 0 Å². The molecule has 0 aliphatic heterocycles. The van der Waals surface area contributed by atoms with Gasteiger partial charge in [0.25, 0.3) is 0 Å². The first-order chi connectivity index (χ1) is 9.13. The lowest BCUT2D eigenvalue weighted by Gasteiger charge is -2.31. The van der Waals surface area contributed by atoms with Crippen LogP contribution >= 0.6 is 0 Å². The lowest BCUT2D eigenvalue weighted by molar-refractivity contribution is -0.144. The van der Waals surface area contributed by atoms with Crippen molar-refractivity contribution in [2.24, 2.45) is 17.6 Å². The number of hydrogen-bond donors (Lipinski definition) is 1. The summed E-state index contributed by atoms with van der Waals surface area (Å²) in [5, 5.41) is 0. The average molecular weight is 285 g/mol. The molecule has 0 aromatic rings. The highest BCUT2D eigenvalue weighted by Crippen LogP contribution is 2.11. The number of nitrogens with zero attached hydrogens (tertiary/aromatic N) is 2. The summed E-state index contributed by atoms with van der Waals surface area (Å²) in [7, 11) is 3.16. The summed E-state index contributed by atoms with van der Waals surface area (Å²) >= 11 is 0. The minimum Gasteiger partial charge on any atom is -0.336 e. The van der Waals surface area contributed by atoms with Gasteiger partial charge in [0.15, 0.2) is 5.78 Å². The van der Waals surface area contributed by atoms with Gasteiger partial charge >= 0.3 is 0 Å². The van der Waals surface area contributed by atoms with E-state index in [0.29, 0.717) is 0 Å². The highest BCUT2D eigenvalue weighted by atomic mass is 16.2. The molecule has 0 spiro atoms. The summed E-state index contributed by atoms with van der Waals surface area (Å²) in [6, 6.07) is -0.460. The quantitative estimate of drug-likeness (QED) is 0.719. The van der Waals surface area contributed by atoms with Crippen LogP contribution in [0.4, 0.5) is 0 Å². The normalized spacial score (nSPS) is 13.8. The van der Waals surface area contributed by atoms with Crippen LogP contribution in [0.2, 0.25) is 0 Å². The molecule has 2 atom stereocenters. The van der Waals surface area contributed by atoms with E-state index >= 15 is 0 Å². The van der Waals surface area contributed by atoms with Gasteiger partial charge in [0.05, 0.1) is 12.6 Å². The van der Waals surface area contributed by atoms with Gasteiger partial charge in [-0.15, -0.1) is 0 Å². The summed E-state index contributed by atoms with van der Waals surface area (Å²) in [5.41, 5.74) is 5.44. The average Bonchev–Trinajstić information content (AvgIpc) is 2.35. The summed E-state index contributed by atoms with van der Waals surface area (Å²) in [4.78, 5) is 38.4. The predicted octanol–water partition coefficient (Wildman–Crippen LogP) is 0.112. The van der Waals surface area contributed by atoms with Crippen LogP contribution < -0.4 is 5.73 Å². The van der Waals surface area contributed by atoms with E-state index in [2.05, 4.69) is 0 Å². The van der Waals surface area contributed by atoms with E-state index in [1.165, 1.54) is 16.7 Å². The summed E-state index contributed by atoms with van der Waals surface area (Å²) < 4.78 is 0. The molecule has 6 nitrogen and oxygen atoms in total. The molecular weight excluding hydrogens is 258 g/mol. The molecule has 2 N–H and O–H groups in total. The van der Waals surface area contributed by atoms with Crippen LogP contribution in [-0.4, -0.2) is 60.6 Å². The molecule has 0 aromatic heterocycles. The Morgan fingerprint density at radius 2 is 1.60 bits per heavy atom. The molecule has 20 heavy (non-hydrogen) atoms. The van der Waals surface area contributed by atoms with Crippen molar-refractivity contribution in [1.29, 1.82) is 0 Å². The zero-order valence-electron chi connectivity index (χ0n) is 13.3. The van der Waals surface area contributed by atoms with E-state index in [4.69, 9.17) is 5.73 Å². The zero-order valence-corrected chi connectivity index (χ0v) is 13.3. The number of amides is 2. The monoisotopic (exact) mass is 285 g/mol. The number of Topliss-reactive ketones (excluding diaryl/α,β-unsaturated/α-hetero) is 1. The maximum atomic E-state index is 12.2. The third kappa shape index (κ3) is 4.92. The number of likely N-dealkylation sites (N-methyl/N-ethyl adjacent to an activating group) is 2. The molecule has 2 unspecified atom stereocenters. The van der Waals surface area contributed by atoms with Gasteiger partial charge < -0.3 is 15.5 Å². The van der Waals surface area contributed by atoms with Crippen LogP contribution in [0.3, 0.4) is 0 Å². The molecular formula is C14H27N3O3.